The summed E-state index contributed by atoms with van der Waals surface area (Å²) >= 11 is 0. The summed E-state index contributed by atoms with van der Waals surface area (Å²) in [6.07, 6.45) is 5.82. The van der Waals surface area contributed by atoms with E-state index in [2.05, 4.69) is 34.3 Å². The average Bonchev–Trinajstić information content (AvgIpc) is 3.00. The zero-order valence-electron chi connectivity index (χ0n) is 13.1. The second-order valence-corrected chi connectivity index (χ2v) is 6.34. The van der Waals surface area contributed by atoms with Crippen molar-refractivity contribution in [3.63, 3.8) is 0 Å². The molecule has 1 N–H and O–H groups in total. The molecule has 1 aliphatic heterocycles. The van der Waals surface area contributed by atoms with Gasteiger partial charge in [0.25, 0.3) is 0 Å². The summed E-state index contributed by atoms with van der Waals surface area (Å²) in [6.45, 7) is 2.14. The van der Waals surface area contributed by atoms with Crippen LogP contribution in [0.3, 0.4) is 0 Å². The molecule has 0 amide bonds. The second kappa shape index (κ2) is 6.17. The number of para-hydroxylation sites is 1. The zero-order chi connectivity index (χ0) is 15.6. The van der Waals surface area contributed by atoms with E-state index in [1.807, 2.05) is 18.2 Å². The maximum absolute atomic E-state index is 13.8. The Morgan fingerprint density at radius 2 is 1.78 bits per heavy atom. The Morgan fingerprint density at radius 3 is 2.61 bits per heavy atom. The summed E-state index contributed by atoms with van der Waals surface area (Å²) in [6, 6.07) is 15.5. The standard InChI is InChI=1S/C20H21FN2/c21-16-8-6-7-15(13-16)20(23-11-4-1-5-12-23)18-14-22-19-10-3-2-9-17(18)19/h2-3,6-10,13-14,20,22H,1,4-5,11-12H2. The Morgan fingerprint density at radius 1 is 0.957 bits per heavy atom. The fourth-order valence-electron chi connectivity index (χ4n) is 3.76. The van der Waals surface area contributed by atoms with Crippen molar-refractivity contribution >= 4 is 10.9 Å². The minimum atomic E-state index is -0.163. The second-order valence-electron chi connectivity index (χ2n) is 6.34. The van der Waals surface area contributed by atoms with Crippen LogP contribution in [0.15, 0.2) is 54.7 Å². The van der Waals surface area contributed by atoms with Crippen molar-refractivity contribution in [1.29, 1.82) is 0 Å². The number of hydrogen-bond acceptors (Lipinski definition) is 1. The quantitative estimate of drug-likeness (QED) is 0.730. The fourth-order valence-corrected chi connectivity index (χ4v) is 3.76. The summed E-state index contributed by atoms with van der Waals surface area (Å²) in [5.74, 6) is -0.163. The summed E-state index contributed by atoms with van der Waals surface area (Å²) in [5, 5.41) is 1.23. The van der Waals surface area contributed by atoms with E-state index in [1.54, 1.807) is 6.07 Å². The van der Waals surface area contributed by atoms with Crippen molar-refractivity contribution in [2.24, 2.45) is 0 Å². The lowest BCUT2D eigenvalue weighted by Gasteiger charge is -2.35. The van der Waals surface area contributed by atoms with Crippen LogP contribution in [0.4, 0.5) is 4.39 Å². The molecule has 0 saturated carbocycles. The minimum Gasteiger partial charge on any atom is -0.361 e. The molecular formula is C20H21FN2. The lowest BCUT2D eigenvalue weighted by atomic mass is 9.94. The van der Waals surface area contributed by atoms with E-state index in [9.17, 15) is 4.39 Å². The molecule has 2 heterocycles. The van der Waals surface area contributed by atoms with Crippen molar-refractivity contribution in [2.75, 3.05) is 13.1 Å². The van der Waals surface area contributed by atoms with Gasteiger partial charge in [-0.2, -0.15) is 0 Å². The van der Waals surface area contributed by atoms with E-state index in [0.717, 1.165) is 24.2 Å². The minimum absolute atomic E-state index is 0.113. The van der Waals surface area contributed by atoms with Crippen LogP contribution < -0.4 is 0 Å². The molecule has 0 spiro atoms. The predicted octanol–water partition coefficient (Wildman–Crippen LogP) is 4.88. The van der Waals surface area contributed by atoms with Crippen LogP contribution in [-0.2, 0) is 0 Å². The molecule has 23 heavy (non-hydrogen) atoms. The van der Waals surface area contributed by atoms with Gasteiger partial charge in [-0.25, -0.2) is 4.39 Å². The van der Waals surface area contributed by atoms with E-state index in [-0.39, 0.29) is 11.9 Å². The SMILES string of the molecule is Fc1cccc(C(c2c[nH]c3ccccc23)N2CCCCC2)c1. The molecule has 3 heteroatoms. The summed E-state index contributed by atoms with van der Waals surface area (Å²) in [4.78, 5) is 5.87. The number of benzene rings is 2. The molecule has 3 aromatic rings. The molecule has 1 saturated heterocycles. The monoisotopic (exact) mass is 308 g/mol. The maximum atomic E-state index is 13.8. The Labute approximate surface area is 135 Å². The van der Waals surface area contributed by atoms with Gasteiger partial charge < -0.3 is 4.98 Å². The van der Waals surface area contributed by atoms with Crippen molar-refractivity contribution in [2.45, 2.75) is 25.3 Å². The molecule has 2 aromatic carbocycles. The van der Waals surface area contributed by atoms with Gasteiger partial charge in [-0.05, 0) is 55.3 Å². The van der Waals surface area contributed by atoms with Crippen LogP contribution >= 0.6 is 0 Å². The van der Waals surface area contributed by atoms with Gasteiger partial charge in [0.2, 0.25) is 0 Å². The highest BCUT2D eigenvalue weighted by molar-refractivity contribution is 5.84. The third kappa shape index (κ3) is 2.77. The smallest absolute Gasteiger partial charge is 0.123 e. The molecule has 4 rings (SSSR count). The molecular weight excluding hydrogens is 287 g/mol. The number of fused-ring (bicyclic) bond motifs is 1. The highest BCUT2D eigenvalue weighted by atomic mass is 19.1. The maximum Gasteiger partial charge on any atom is 0.123 e. The third-order valence-electron chi connectivity index (χ3n) is 4.84. The first-order valence-corrected chi connectivity index (χ1v) is 8.38. The fraction of sp³-hybridized carbons (Fsp3) is 0.300. The Kier molecular flexibility index (Phi) is 3.88. The number of aromatic amines is 1. The van der Waals surface area contributed by atoms with Crippen LogP contribution in [0.2, 0.25) is 0 Å². The predicted molar refractivity (Wildman–Crippen MR) is 92.0 cm³/mol. The van der Waals surface area contributed by atoms with Crippen LogP contribution in [-0.4, -0.2) is 23.0 Å². The molecule has 1 aliphatic rings. The van der Waals surface area contributed by atoms with Gasteiger partial charge in [-0.1, -0.05) is 36.8 Å². The van der Waals surface area contributed by atoms with Crippen molar-refractivity contribution < 1.29 is 4.39 Å². The largest absolute Gasteiger partial charge is 0.361 e. The van der Waals surface area contributed by atoms with Gasteiger partial charge in [0.05, 0.1) is 6.04 Å². The highest BCUT2D eigenvalue weighted by Crippen LogP contribution is 2.35. The topological polar surface area (TPSA) is 19.0 Å². The van der Waals surface area contributed by atoms with E-state index in [4.69, 9.17) is 0 Å². The number of nitrogens with zero attached hydrogens (tertiary/aromatic N) is 1. The normalized spacial score (nSPS) is 17.4. The molecule has 2 nitrogen and oxygen atoms in total. The molecule has 1 aromatic heterocycles. The van der Waals surface area contributed by atoms with Gasteiger partial charge in [-0.15, -0.1) is 0 Å². The van der Waals surface area contributed by atoms with Crippen molar-refractivity contribution in [3.8, 4) is 0 Å². The summed E-state index contributed by atoms with van der Waals surface area (Å²) in [7, 11) is 0. The zero-order valence-corrected chi connectivity index (χ0v) is 13.1. The number of halogens is 1. The van der Waals surface area contributed by atoms with E-state index in [1.165, 1.54) is 36.3 Å². The average molecular weight is 308 g/mol. The number of aromatic nitrogens is 1. The van der Waals surface area contributed by atoms with Gasteiger partial charge in [0, 0.05) is 17.1 Å². The Balaban J connectivity index is 1.84. The number of hydrogen-bond donors (Lipinski definition) is 1. The number of H-pyrrole nitrogens is 1. The first-order chi connectivity index (χ1) is 11.3. The first kappa shape index (κ1) is 14.5. The van der Waals surface area contributed by atoms with Crippen LogP contribution in [0.5, 0.6) is 0 Å². The first-order valence-electron chi connectivity index (χ1n) is 8.38. The molecule has 0 bridgehead atoms. The number of nitrogens with one attached hydrogen (secondary N) is 1. The molecule has 0 radical (unpaired) electrons. The number of rotatable bonds is 3. The molecule has 1 unspecified atom stereocenters. The summed E-state index contributed by atoms with van der Waals surface area (Å²) < 4.78 is 13.8. The number of piperidine rings is 1. The lowest BCUT2D eigenvalue weighted by Crippen LogP contribution is -2.34. The lowest BCUT2D eigenvalue weighted by molar-refractivity contribution is 0.188. The Hall–Kier alpha value is -2.13. The molecule has 118 valence electrons. The van der Waals surface area contributed by atoms with Gasteiger partial charge >= 0.3 is 0 Å². The van der Waals surface area contributed by atoms with Crippen molar-refractivity contribution in [3.05, 3.63) is 71.7 Å². The van der Waals surface area contributed by atoms with Crippen LogP contribution in [0.25, 0.3) is 10.9 Å². The molecule has 1 fully saturated rings. The van der Waals surface area contributed by atoms with Crippen LogP contribution in [0, 0.1) is 5.82 Å². The van der Waals surface area contributed by atoms with Gasteiger partial charge in [0.1, 0.15) is 5.82 Å². The molecule has 0 aliphatic carbocycles. The third-order valence-corrected chi connectivity index (χ3v) is 4.84. The molecule has 1 atom stereocenters. The van der Waals surface area contributed by atoms with Crippen molar-refractivity contribution in [1.82, 2.24) is 9.88 Å². The van der Waals surface area contributed by atoms with E-state index >= 15 is 0 Å². The highest BCUT2D eigenvalue weighted by Gasteiger charge is 2.26. The van der Waals surface area contributed by atoms with Crippen LogP contribution in [0.1, 0.15) is 36.4 Å². The van der Waals surface area contributed by atoms with E-state index < -0.39 is 0 Å². The van der Waals surface area contributed by atoms with Gasteiger partial charge in [-0.3, -0.25) is 4.90 Å². The Bertz CT molecular complexity index is 802. The van der Waals surface area contributed by atoms with Gasteiger partial charge in [0.15, 0.2) is 0 Å². The van der Waals surface area contributed by atoms with E-state index in [0.29, 0.717) is 0 Å². The number of likely N-dealkylation sites (tertiary alicyclic amines) is 1. The summed E-state index contributed by atoms with van der Waals surface area (Å²) in [5.41, 5.74) is 3.42.